The molecule has 1 aromatic carbocycles. The molecule has 0 spiro atoms. The minimum atomic E-state index is 0.591. The van der Waals surface area contributed by atoms with Gasteiger partial charge in [0.1, 0.15) is 12.7 Å². The van der Waals surface area contributed by atoms with Crippen molar-refractivity contribution in [2.75, 3.05) is 18.4 Å². The Labute approximate surface area is 118 Å². The minimum absolute atomic E-state index is 0.591. The van der Waals surface area contributed by atoms with Crippen molar-refractivity contribution < 1.29 is 0 Å². The molecule has 5 heteroatoms. The molecule has 1 aromatic heterocycles. The maximum absolute atomic E-state index is 3.86. The second kappa shape index (κ2) is 4.90. The van der Waals surface area contributed by atoms with Gasteiger partial charge in [-0.15, -0.1) is 10.2 Å². The second-order valence-electron chi connectivity index (χ2n) is 5.70. The molecule has 2 atom stereocenters. The SMILES string of the molecule is c1cc(NC2CCN3CCCC23)cc(-n2cnnc2)c1. The smallest absolute Gasteiger partial charge is 0.123 e. The largest absolute Gasteiger partial charge is 0.381 e. The normalized spacial score (nSPS) is 25.8. The summed E-state index contributed by atoms with van der Waals surface area (Å²) in [5.41, 5.74) is 2.29. The number of benzene rings is 1. The number of aromatic nitrogens is 3. The molecule has 1 N–H and O–H groups in total. The summed E-state index contributed by atoms with van der Waals surface area (Å²) in [7, 11) is 0. The molecule has 0 amide bonds. The molecule has 0 radical (unpaired) electrons. The quantitative estimate of drug-likeness (QED) is 0.924. The number of hydrogen-bond acceptors (Lipinski definition) is 4. The average Bonchev–Trinajstić information content (AvgIpc) is 3.18. The molecule has 3 heterocycles. The van der Waals surface area contributed by atoms with E-state index in [1.54, 1.807) is 12.7 Å². The third-order valence-corrected chi connectivity index (χ3v) is 4.52. The summed E-state index contributed by atoms with van der Waals surface area (Å²) in [6, 6.07) is 9.79. The van der Waals surface area contributed by atoms with Crippen LogP contribution >= 0.6 is 0 Å². The molecule has 4 rings (SSSR count). The van der Waals surface area contributed by atoms with Gasteiger partial charge in [0, 0.05) is 24.3 Å². The van der Waals surface area contributed by atoms with Gasteiger partial charge >= 0.3 is 0 Å². The van der Waals surface area contributed by atoms with Crippen molar-refractivity contribution in [3.8, 4) is 5.69 Å². The first-order valence-electron chi connectivity index (χ1n) is 7.36. The third kappa shape index (κ3) is 2.08. The van der Waals surface area contributed by atoms with E-state index >= 15 is 0 Å². The van der Waals surface area contributed by atoms with Gasteiger partial charge in [0.05, 0.1) is 5.69 Å². The lowest BCUT2D eigenvalue weighted by molar-refractivity contribution is 0.318. The zero-order valence-corrected chi connectivity index (χ0v) is 11.4. The lowest BCUT2D eigenvalue weighted by Gasteiger charge is -2.22. The van der Waals surface area contributed by atoms with E-state index in [2.05, 4.69) is 44.7 Å². The van der Waals surface area contributed by atoms with Crippen LogP contribution in [0.3, 0.4) is 0 Å². The van der Waals surface area contributed by atoms with Crippen LogP contribution in [0.15, 0.2) is 36.9 Å². The number of nitrogens with zero attached hydrogens (tertiary/aromatic N) is 4. The van der Waals surface area contributed by atoms with Crippen LogP contribution in [0.1, 0.15) is 19.3 Å². The number of anilines is 1. The molecule has 2 fully saturated rings. The number of rotatable bonds is 3. The van der Waals surface area contributed by atoms with Crippen molar-refractivity contribution >= 4 is 5.69 Å². The Morgan fingerprint density at radius 1 is 1.10 bits per heavy atom. The molecule has 2 aromatic rings. The highest BCUT2D eigenvalue weighted by molar-refractivity contribution is 5.52. The van der Waals surface area contributed by atoms with E-state index in [9.17, 15) is 0 Å². The lowest BCUT2D eigenvalue weighted by Crippen LogP contribution is -2.33. The van der Waals surface area contributed by atoms with Gasteiger partial charge in [-0.1, -0.05) is 6.07 Å². The summed E-state index contributed by atoms with van der Waals surface area (Å²) in [5, 5.41) is 11.4. The van der Waals surface area contributed by atoms with E-state index in [0.29, 0.717) is 6.04 Å². The Bertz CT molecular complexity index is 580. The molecule has 2 unspecified atom stereocenters. The lowest BCUT2D eigenvalue weighted by atomic mass is 10.1. The van der Waals surface area contributed by atoms with E-state index in [1.807, 2.05) is 4.57 Å². The zero-order chi connectivity index (χ0) is 13.4. The summed E-state index contributed by atoms with van der Waals surface area (Å²) < 4.78 is 1.93. The van der Waals surface area contributed by atoms with Gasteiger partial charge in [-0.05, 0) is 44.0 Å². The predicted octanol–water partition coefficient (Wildman–Crippen LogP) is 1.92. The van der Waals surface area contributed by atoms with Crippen LogP contribution < -0.4 is 5.32 Å². The van der Waals surface area contributed by atoms with Crippen LogP contribution in [0.5, 0.6) is 0 Å². The molecule has 0 saturated carbocycles. The van der Waals surface area contributed by atoms with E-state index in [1.165, 1.54) is 38.0 Å². The van der Waals surface area contributed by atoms with Gasteiger partial charge in [-0.25, -0.2) is 0 Å². The first kappa shape index (κ1) is 11.9. The number of nitrogens with one attached hydrogen (secondary N) is 1. The van der Waals surface area contributed by atoms with Crippen molar-refractivity contribution in [1.29, 1.82) is 0 Å². The van der Waals surface area contributed by atoms with Crippen molar-refractivity contribution in [2.45, 2.75) is 31.3 Å². The topological polar surface area (TPSA) is 46.0 Å². The number of fused-ring (bicyclic) bond motifs is 1. The maximum Gasteiger partial charge on any atom is 0.123 e. The third-order valence-electron chi connectivity index (χ3n) is 4.52. The molecule has 2 saturated heterocycles. The molecule has 20 heavy (non-hydrogen) atoms. The minimum Gasteiger partial charge on any atom is -0.381 e. The summed E-state index contributed by atoms with van der Waals surface area (Å²) in [6.45, 7) is 2.52. The second-order valence-corrected chi connectivity index (χ2v) is 5.70. The molecular formula is C15H19N5. The Hall–Kier alpha value is -1.88. The van der Waals surface area contributed by atoms with E-state index in [0.717, 1.165) is 11.7 Å². The maximum atomic E-state index is 3.86. The van der Waals surface area contributed by atoms with Gasteiger partial charge in [0.15, 0.2) is 0 Å². The summed E-state index contributed by atoms with van der Waals surface area (Å²) in [5.74, 6) is 0. The van der Waals surface area contributed by atoms with E-state index in [-0.39, 0.29) is 0 Å². The van der Waals surface area contributed by atoms with Gasteiger partial charge in [0.2, 0.25) is 0 Å². The number of hydrogen-bond donors (Lipinski definition) is 1. The van der Waals surface area contributed by atoms with Crippen LogP contribution in [-0.4, -0.2) is 44.8 Å². The van der Waals surface area contributed by atoms with E-state index in [4.69, 9.17) is 0 Å². The predicted molar refractivity (Wildman–Crippen MR) is 78.0 cm³/mol. The molecule has 2 aliphatic heterocycles. The van der Waals surface area contributed by atoms with Gasteiger partial charge in [0.25, 0.3) is 0 Å². The van der Waals surface area contributed by atoms with Gasteiger partial charge in [-0.2, -0.15) is 0 Å². The van der Waals surface area contributed by atoms with Crippen LogP contribution in [0.2, 0.25) is 0 Å². The molecule has 0 aliphatic carbocycles. The molecule has 104 valence electrons. The fraction of sp³-hybridized carbons (Fsp3) is 0.467. The summed E-state index contributed by atoms with van der Waals surface area (Å²) >= 11 is 0. The Morgan fingerprint density at radius 2 is 2.00 bits per heavy atom. The van der Waals surface area contributed by atoms with Gasteiger partial charge < -0.3 is 5.32 Å². The van der Waals surface area contributed by atoms with Crippen molar-refractivity contribution in [3.63, 3.8) is 0 Å². The monoisotopic (exact) mass is 269 g/mol. The highest BCUT2D eigenvalue weighted by atomic mass is 15.2. The highest BCUT2D eigenvalue weighted by Crippen LogP contribution is 2.30. The Balaban J connectivity index is 1.53. The first-order valence-corrected chi connectivity index (χ1v) is 7.36. The average molecular weight is 269 g/mol. The molecule has 2 aliphatic rings. The van der Waals surface area contributed by atoms with Crippen molar-refractivity contribution in [1.82, 2.24) is 19.7 Å². The standard InChI is InChI=1S/C15H19N5/c1-3-12(9-13(4-1)20-10-16-17-11-20)18-14-6-8-19-7-2-5-15(14)19/h1,3-4,9-11,14-15,18H,2,5-8H2. The molecule has 5 nitrogen and oxygen atoms in total. The highest BCUT2D eigenvalue weighted by Gasteiger charge is 2.36. The van der Waals surface area contributed by atoms with Crippen LogP contribution in [-0.2, 0) is 0 Å². The molecular weight excluding hydrogens is 250 g/mol. The van der Waals surface area contributed by atoms with Gasteiger partial charge in [-0.3, -0.25) is 9.47 Å². The molecule has 0 bridgehead atoms. The Morgan fingerprint density at radius 3 is 2.90 bits per heavy atom. The fourth-order valence-corrected chi connectivity index (χ4v) is 3.56. The van der Waals surface area contributed by atoms with Crippen LogP contribution in [0.4, 0.5) is 5.69 Å². The van der Waals surface area contributed by atoms with Crippen molar-refractivity contribution in [3.05, 3.63) is 36.9 Å². The summed E-state index contributed by atoms with van der Waals surface area (Å²) in [4.78, 5) is 2.63. The van der Waals surface area contributed by atoms with Crippen molar-refractivity contribution in [2.24, 2.45) is 0 Å². The Kier molecular flexibility index (Phi) is 2.92. The van der Waals surface area contributed by atoms with E-state index < -0.39 is 0 Å². The first-order chi connectivity index (χ1) is 9.90. The summed E-state index contributed by atoms with van der Waals surface area (Å²) in [6.07, 6.45) is 7.40. The van der Waals surface area contributed by atoms with Crippen LogP contribution in [0, 0.1) is 0 Å². The van der Waals surface area contributed by atoms with Crippen LogP contribution in [0.25, 0.3) is 5.69 Å². The fourth-order valence-electron chi connectivity index (χ4n) is 3.56. The zero-order valence-electron chi connectivity index (χ0n) is 11.4.